The lowest BCUT2D eigenvalue weighted by Crippen LogP contribution is -2.34. The number of benzene rings is 3. The van der Waals surface area contributed by atoms with Gasteiger partial charge >= 0.3 is 0 Å². The van der Waals surface area contributed by atoms with Gasteiger partial charge in [0.2, 0.25) is 0 Å². The molecule has 28 heavy (non-hydrogen) atoms. The highest BCUT2D eigenvalue weighted by Gasteiger charge is 2.15. The molecule has 4 heteroatoms. The van der Waals surface area contributed by atoms with Crippen molar-refractivity contribution in [3.63, 3.8) is 0 Å². The molecule has 0 atom stereocenters. The van der Waals surface area contributed by atoms with Gasteiger partial charge in [0, 0.05) is 16.8 Å². The van der Waals surface area contributed by atoms with E-state index in [1.165, 1.54) is 5.56 Å². The number of para-hydroxylation sites is 1. The number of anilines is 1. The lowest BCUT2D eigenvalue weighted by molar-refractivity contribution is 0.0977. The predicted octanol–water partition coefficient (Wildman–Crippen LogP) is 5.78. The van der Waals surface area contributed by atoms with Gasteiger partial charge in [0.15, 0.2) is 5.11 Å². The first kappa shape index (κ1) is 19.8. The Morgan fingerprint density at radius 2 is 1.43 bits per heavy atom. The zero-order chi connectivity index (χ0) is 20.1. The second-order valence-corrected chi connectivity index (χ2v) is 8.06. The van der Waals surface area contributed by atoms with Crippen molar-refractivity contribution in [2.45, 2.75) is 26.2 Å². The van der Waals surface area contributed by atoms with Crippen molar-refractivity contribution < 1.29 is 4.79 Å². The fourth-order valence-electron chi connectivity index (χ4n) is 2.91. The van der Waals surface area contributed by atoms with Crippen molar-refractivity contribution in [2.24, 2.45) is 0 Å². The molecule has 0 bridgehead atoms. The van der Waals surface area contributed by atoms with Crippen LogP contribution in [-0.4, -0.2) is 11.0 Å². The Hall–Kier alpha value is -2.98. The summed E-state index contributed by atoms with van der Waals surface area (Å²) in [7, 11) is 0. The summed E-state index contributed by atoms with van der Waals surface area (Å²) >= 11 is 5.36. The molecule has 0 fully saturated rings. The molecule has 3 nitrogen and oxygen atoms in total. The number of amides is 1. The topological polar surface area (TPSA) is 41.1 Å². The van der Waals surface area contributed by atoms with Gasteiger partial charge in [0.1, 0.15) is 0 Å². The summed E-state index contributed by atoms with van der Waals surface area (Å²) in [5.41, 5.74) is 4.76. The fourth-order valence-corrected chi connectivity index (χ4v) is 3.11. The van der Waals surface area contributed by atoms with Crippen LogP contribution in [-0.2, 0) is 5.41 Å². The maximum absolute atomic E-state index is 12.5. The molecule has 0 saturated carbocycles. The molecule has 0 aliphatic carbocycles. The van der Waals surface area contributed by atoms with Crippen molar-refractivity contribution >= 4 is 28.9 Å². The normalized spacial score (nSPS) is 11.0. The van der Waals surface area contributed by atoms with E-state index in [1.54, 1.807) is 0 Å². The molecule has 3 aromatic rings. The monoisotopic (exact) mass is 388 g/mol. The lowest BCUT2D eigenvalue weighted by Gasteiger charge is -2.19. The summed E-state index contributed by atoms with van der Waals surface area (Å²) in [6.45, 7) is 6.43. The highest BCUT2D eigenvalue weighted by Crippen LogP contribution is 2.27. The average molecular weight is 389 g/mol. The van der Waals surface area contributed by atoms with E-state index in [2.05, 4.69) is 31.4 Å². The summed E-state index contributed by atoms with van der Waals surface area (Å²) in [6, 6.07) is 25.6. The predicted molar refractivity (Wildman–Crippen MR) is 121 cm³/mol. The first-order valence-electron chi connectivity index (χ1n) is 9.22. The summed E-state index contributed by atoms with van der Waals surface area (Å²) in [4.78, 5) is 12.5. The zero-order valence-electron chi connectivity index (χ0n) is 16.3. The Bertz CT molecular complexity index is 973. The van der Waals surface area contributed by atoms with Gasteiger partial charge in [-0.3, -0.25) is 10.1 Å². The van der Waals surface area contributed by atoms with Crippen LogP contribution in [0.3, 0.4) is 0 Å². The molecule has 2 N–H and O–H groups in total. The summed E-state index contributed by atoms with van der Waals surface area (Å²) in [5.74, 6) is -0.227. The number of thiocarbonyl (C=S) groups is 1. The second-order valence-electron chi connectivity index (χ2n) is 7.65. The van der Waals surface area contributed by atoms with Gasteiger partial charge in [-0.15, -0.1) is 0 Å². The smallest absolute Gasteiger partial charge is 0.257 e. The van der Waals surface area contributed by atoms with Crippen LogP contribution in [0.4, 0.5) is 5.69 Å². The quantitative estimate of drug-likeness (QED) is 0.559. The van der Waals surface area contributed by atoms with Crippen LogP contribution in [0.15, 0.2) is 78.9 Å². The molecule has 0 aliphatic heterocycles. The fraction of sp³-hybridized carbons (Fsp3) is 0.167. The largest absolute Gasteiger partial charge is 0.332 e. The number of rotatable bonds is 3. The molecule has 3 aromatic carbocycles. The molecule has 1 amide bonds. The van der Waals surface area contributed by atoms with Gasteiger partial charge in [0.05, 0.1) is 0 Å². The first-order chi connectivity index (χ1) is 13.3. The molecule has 0 aromatic heterocycles. The van der Waals surface area contributed by atoms with Gasteiger partial charge in [-0.2, -0.15) is 0 Å². The molecule has 0 aliphatic rings. The minimum absolute atomic E-state index is 0.0486. The van der Waals surface area contributed by atoms with Crippen LogP contribution in [0.2, 0.25) is 0 Å². The second kappa shape index (κ2) is 8.36. The minimum atomic E-state index is -0.227. The van der Waals surface area contributed by atoms with Crippen LogP contribution in [0.1, 0.15) is 36.7 Å². The Morgan fingerprint density at radius 3 is 2.07 bits per heavy atom. The highest BCUT2D eigenvalue weighted by molar-refractivity contribution is 7.80. The van der Waals surface area contributed by atoms with E-state index in [0.717, 1.165) is 16.8 Å². The van der Waals surface area contributed by atoms with Gasteiger partial charge < -0.3 is 5.32 Å². The molecule has 3 rings (SSSR count). The van der Waals surface area contributed by atoms with Crippen molar-refractivity contribution in [2.75, 3.05) is 5.32 Å². The van der Waals surface area contributed by atoms with E-state index in [0.29, 0.717) is 5.56 Å². The number of carbonyl (C=O) groups is 1. The zero-order valence-corrected chi connectivity index (χ0v) is 17.1. The van der Waals surface area contributed by atoms with Gasteiger partial charge in [-0.1, -0.05) is 81.4 Å². The first-order valence-corrected chi connectivity index (χ1v) is 9.63. The Morgan fingerprint density at radius 1 is 0.821 bits per heavy atom. The molecule has 0 heterocycles. The maximum Gasteiger partial charge on any atom is 0.257 e. The van der Waals surface area contributed by atoms with E-state index >= 15 is 0 Å². The van der Waals surface area contributed by atoms with E-state index in [9.17, 15) is 4.79 Å². The maximum atomic E-state index is 12.5. The number of carbonyl (C=O) groups excluding carboxylic acids is 1. The van der Waals surface area contributed by atoms with E-state index in [4.69, 9.17) is 12.2 Å². The molecule has 142 valence electrons. The van der Waals surface area contributed by atoms with Crippen molar-refractivity contribution in [1.29, 1.82) is 0 Å². The number of hydrogen-bond donors (Lipinski definition) is 2. The van der Waals surface area contributed by atoms with Gasteiger partial charge in [-0.05, 0) is 47.0 Å². The Balaban J connectivity index is 1.70. The van der Waals surface area contributed by atoms with Crippen molar-refractivity contribution in [3.8, 4) is 11.1 Å². The minimum Gasteiger partial charge on any atom is -0.332 e. The van der Waals surface area contributed by atoms with Crippen LogP contribution in [0.25, 0.3) is 11.1 Å². The number of hydrogen-bond acceptors (Lipinski definition) is 2. The Kier molecular flexibility index (Phi) is 5.90. The highest BCUT2D eigenvalue weighted by atomic mass is 32.1. The van der Waals surface area contributed by atoms with Gasteiger partial charge in [0.25, 0.3) is 5.91 Å². The van der Waals surface area contributed by atoms with Crippen molar-refractivity contribution in [1.82, 2.24) is 5.32 Å². The summed E-state index contributed by atoms with van der Waals surface area (Å²) < 4.78 is 0. The molecular formula is C24H24N2OS. The third-order valence-corrected chi connectivity index (χ3v) is 4.70. The van der Waals surface area contributed by atoms with Gasteiger partial charge in [-0.25, -0.2) is 0 Å². The average Bonchev–Trinajstić information content (AvgIpc) is 2.68. The van der Waals surface area contributed by atoms with Crippen LogP contribution in [0, 0.1) is 0 Å². The molecule has 0 spiro atoms. The van der Waals surface area contributed by atoms with Crippen LogP contribution in [0.5, 0.6) is 0 Å². The molecule has 0 saturated heterocycles. The third-order valence-electron chi connectivity index (χ3n) is 4.50. The summed E-state index contributed by atoms with van der Waals surface area (Å²) in [5, 5.41) is 6.18. The Labute approximate surface area is 171 Å². The van der Waals surface area contributed by atoms with E-state index in [1.807, 2.05) is 78.9 Å². The lowest BCUT2D eigenvalue weighted by atomic mass is 9.87. The molecule has 0 unspecified atom stereocenters. The van der Waals surface area contributed by atoms with Crippen LogP contribution >= 0.6 is 12.2 Å². The van der Waals surface area contributed by atoms with E-state index in [-0.39, 0.29) is 16.4 Å². The van der Waals surface area contributed by atoms with Crippen molar-refractivity contribution in [3.05, 3.63) is 90.0 Å². The number of nitrogens with one attached hydrogen (secondary N) is 2. The van der Waals surface area contributed by atoms with Crippen LogP contribution < -0.4 is 10.6 Å². The van der Waals surface area contributed by atoms with E-state index < -0.39 is 0 Å². The molecular weight excluding hydrogens is 364 g/mol. The third kappa shape index (κ3) is 4.84. The summed E-state index contributed by atoms with van der Waals surface area (Å²) in [6.07, 6.45) is 0. The molecule has 0 radical (unpaired) electrons. The SMILES string of the molecule is CC(C)(C)c1ccc(C(=O)NC(=S)Nc2ccccc2-c2ccccc2)cc1. The standard InChI is InChI=1S/C24H24N2OS/c1-24(2,3)19-15-13-18(14-16-19)22(27)26-23(28)25-21-12-8-7-11-20(21)17-9-5-4-6-10-17/h4-16H,1-3H3,(H2,25,26,27,28).